The van der Waals surface area contributed by atoms with Crippen LogP contribution >= 0.6 is 31.9 Å². The van der Waals surface area contributed by atoms with E-state index in [9.17, 15) is 4.39 Å². The molecule has 0 atom stereocenters. The molecule has 12 heavy (non-hydrogen) atoms. The number of halogens is 3. The maximum Gasteiger partial charge on any atom is 0.155 e. The lowest BCUT2D eigenvalue weighted by molar-refractivity contribution is 0.335. The van der Waals surface area contributed by atoms with Crippen LogP contribution in [0.15, 0.2) is 21.1 Å². The topological polar surface area (TPSA) is 9.23 Å². The molecule has 1 aromatic rings. The second-order valence-electron chi connectivity index (χ2n) is 2.11. The van der Waals surface area contributed by atoms with Crippen LogP contribution in [-0.2, 0) is 0 Å². The Kier molecular flexibility index (Phi) is 3.53. The lowest BCUT2D eigenvalue weighted by Gasteiger charge is -2.06. The Labute approximate surface area is 87.2 Å². The molecule has 0 bridgehead atoms. The van der Waals surface area contributed by atoms with Gasteiger partial charge >= 0.3 is 0 Å². The average molecular weight is 298 g/mol. The molecule has 0 radical (unpaired) electrons. The number of benzene rings is 1. The standard InChI is InChI=1S/C8H7Br2FO/c1-2-12-6-4-3-5(9)8(11)7(6)10/h3-4H,2H2,1H3. The minimum Gasteiger partial charge on any atom is -0.493 e. The zero-order valence-electron chi connectivity index (χ0n) is 6.40. The van der Waals surface area contributed by atoms with Crippen LogP contribution in [-0.4, -0.2) is 6.61 Å². The number of ether oxygens (including phenoxy) is 1. The van der Waals surface area contributed by atoms with E-state index < -0.39 is 0 Å². The van der Waals surface area contributed by atoms with Gasteiger partial charge in [0.25, 0.3) is 0 Å². The Morgan fingerprint density at radius 2 is 2.08 bits per heavy atom. The fourth-order valence-electron chi connectivity index (χ4n) is 0.775. The molecule has 0 spiro atoms. The fraction of sp³-hybridized carbons (Fsp3) is 0.250. The molecule has 0 aliphatic carbocycles. The van der Waals surface area contributed by atoms with Crippen LogP contribution in [0.1, 0.15) is 6.92 Å². The van der Waals surface area contributed by atoms with Gasteiger partial charge in [-0.1, -0.05) is 0 Å². The number of rotatable bonds is 2. The Hall–Kier alpha value is -0.0900. The molecule has 0 amide bonds. The summed E-state index contributed by atoms with van der Waals surface area (Å²) in [4.78, 5) is 0. The van der Waals surface area contributed by atoms with Crippen molar-refractivity contribution < 1.29 is 9.13 Å². The van der Waals surface area contributed by atoms with Crippen molar-refractivity contribution in [1.29, 1.82) is 0 Å². The van der Waals surface area contributed by atoms with E-state index in [1.165, 1.54) is 0 Å². The first-order valence-corrected chi connectivity index (χ1v) is 5.01. The van der Waals surface area contributed by atoms with Crippen LogP contribution < -0.4 is 4.74 Å². The summed E-state index contributed by atoms with van der Waals surface area (Å²) in [5.41, 5.74) is 0. The predicted molar refractivity (Wildman–Crippen MR) is 53.0 cm³/mol. The van der Waals surface area contributed by atoms with Gasteiger partial charge in [-0.15, -0.1) is 0 Å². The minimum atomic E-state index is -0.332. The predicted octanol–water partition coefficient (Wildman–Crippen LogP) is 3.75. The summed E-state index contributed by atoms with van der Waals surface area (Å²) < 4.78 is 19.1. The van der Waals surface area contributed by atoms with Crippen LogP contribution in [0.3, 0.4) is 0 Å². The van der Waals surface area contributed by atoms with E-state index in [1.807, 2.05) is 6.92 Å². The van der Waals surface area contributed by atoms with Crippen molar-refractivity contribution in [1.82, 2.24) is 0 Å². The molecule has 0 aromatic heterocycles. The van der Waals surface area contributed by atoms with Crippen molar-refractivity contribution in [3.8, 4) is 5.75 Å². The third kappa shape index (κ3) is 1.98. The largest absolute Gasteiger partial charge is 0.493 e. The highest BCUT2D eigenvalue weighted by Crippen LogP contribution is 2.32. The zero-order valence-corrected chi connectivity index (χ0v) is 9.58. The highest BCUT2D eigenvalue weighted by molar-refractivity contribution is 9.11. The maximum atomic E-state index is 13.1. The molecule has 1 rings (SSSR count). The summed E-state index contributed by atoms with van der Waals surface area (Å²) in [5, 5.41) is 0. The third-order valence-electron chi connectivity index (χ3n) is 1.30. The Balaban J connectivity index is 3.08. The monoisotopic (exact) mass is 296 g/mol. The number of hydrogen-bond donors (Lipinski definition) is 0. The Morgan fingerprint density at radius 1 is 1.42 bits per heavy atom. The first-order chi connectivity index (χ1) is 5.66. The lowest BCUT2D eigenvalue weighted by Crippen LogP contribution is -1.94. The van der Waals surface area contributed by atoms with Gasteiger partial charge in [-0.05, 0) is 50.9 Å². The molecular formula is C8H7Br2FO. The molecule has 1 aromatic carbocycles. The molecule has 0 N–H and O–H groups in total. The van der Waals surface area contributed by atoms with Crippen molar-refractivity contribution in [2.24, 2.45) is 0 Å². The summed E-state index contributed by atoms with van der Waals surface area (Å²) in [6.07, 6.45) is 0. The van der Waals surface area contributed by atoms with Crippen LogP contribution in [0.2, 0.25) is 0 Å². The second kappa shape index (κ2) is 4.23. The Bertz CT molecular complexity index is 289. The van der Waals surface area contributed by atoms with Gasteiger partial charge in [-0.3, -0.25) is 0 Å². The highest BCUT2D eigenvalue weighted by Gasteiger charge is 2.09. The van der Waals surface area contributed by atoms with Crippen molar-refractivity contribution in [2.45, 2.75) is 6.92 Å². The van der Waals surface area contributed by atoms with Gasteiger partial charge in [0.1, 0.15) is 5.75 Å². The second-order valence-corrected chi connectivity index (χ2v) is 3.75. The Morgan fingerprint density at radius 3 is 2.67 bits per heavy atom. The van der Waals surface area contributed by atoms with E-state index in [4.69, 9.17) is 4.74 Å². The van der Waals surface area contributed by atoms with Crippen molar-refractivity contribution in [3.63, 3.8) is 0 Å². The van der Waals surface area contributed by atoms with Gasteiger partial charge in [-0.25, -0.2) is 4.39 Å². The number of hydrogen-bond acceptors (Lipinski definition) is 1. The third-order valence-corrected chi connectivity index (χ3v) is 2.65. The van der Waals surface area contributed by atoms with Crippen LogP contribution in [0.5, 0.6) is 5.75 Å². The van der Waals surface area contributed by atoms with Gasteiger partial charge in [0.05, 0.1) is 15.6 Å². The minimum absolute atomic E-state index is 0.332. The van der Waals surface area contributed by atoms with Crippen molar-refractivity contribution in [3.05, 3.63) is 26.9 Å². The fourth-order valence-corrected chi connectivity index (χ4v) is 1.83. The van der Waals surface area contributed by atoms with E-state index in [2.05, 4.69) is 31.9 Å². The van der Waals surface area contributed by atoms with Crippen LogP contribution in [0.25, 0.3) is 0 Å². The summed E-state index contributed by atoms with van der Waals surface area (Å²) in [7, 11) is 0. The van der Waals surface area contributed by atoms with Gasteiger partial charge in [0, 0.05) is 0 Å². The summed E-state index contributed by atoms with van der Waals surface area (Å²) in [6, 6.07) is 3.33. The lowest BCUT2D eigenvalue weighted by atomic mass is 10.3. The first-order valence-electron chi connectivity index (χ1n) is 3.43. The van der Waals surface area contributed by atoms with E-state index in [0.717, 1.165) is 0 Å². The molecule has 0 saturated heterocycles. The van der Waals surface area contributed by atoms with Gasteiger partial charge in [0.2, 0.25) is 0 Å². The van der Waals surface area contributed by atoms with Gasteiger partial charge in [0.15, 0.2) is 5.82 Å². The maximum absolute atomic E-state index is 13.1. The van der Waals surface area contributed by atoms with E-state index in [-0.39, 0.29) is 5.82 Å². The van der Waals surface area contributed by atoms with Crippen LogP contribution in [0.4, 0.5) is 4.39 Å². The van der Waals surface area contributed by atoms with Crippen molar-refractivity contribution >= 4 is 31.9 Å². The molecule has 66 valence electrons. The summed E-state index contributed by atoms with van der Waals surface area (Å²) in [6.45, 7) is 2.38. The van der Waals surface area contributed by atoms with E-state index in [0.29, 0.717) is 21.3 Å². The molecule has 4 heteroatoms. The summed E-state index contributed by atoms with van der Waals surface area (Å²) >= 11 is 6.17. The zero-order chi connectivity index (χ0) is 9.14. The SMILES string of the molecule is CCOc1ccc(Br)c(F)c1Br. The smallest absolute Gasteiger partial charge is 0.155 e. The van der Waals surface area contributed by atoms with E-state index in [1.54, 1.807) is 12.1 Å². The molecular weight excluding hydrogens is 291 g/mol. The van der Waals surface area contributed by atoms with Gasteiger partial charge in [-0.2, -0.15) is 0 Å². The molecule has 1 nitrogen and oxygen atoms in total. The normalized spacial score (nSPS) is 10.0. The molecule has 0 fully saturated rings. The molecule has 0 heterocycles. The average Bonchev–Trinajstić information content (AvgIpc) is 2.07. The molecule has 0 aliphatic heterocycles. The molecule has 0 aliphatic rings. The van der Waals surface area contributed by atoms with Gasteiger partial charge < -0.3 is 4.74 Å². The molecule has 0 saturated carbocycles. The van der Waals surface area contributed by atoms with Crippen LogP contribution in [0, 0.1) is 5.82 Å². The highest BCUT2D eigenvalue weighted by atomic mass is 79.9. The summed E-state index contributed by atoms with van der Waals surface area (Å²) in [5.74, 6) is 0.194. The quantitative estimate of drug-likeness (QED) is 0.756. The molecule has 0 unspecified atom stereocenters. The van der Waals surface area contributed by atoms with E-state index >= 15 is 0 Å². The van der Waals surface area contributed by atoms with Crippen molar-refractivity contribution in [2.75, 3.05) is 6.61 Å². The first kappa shape index (κ1) is 9.99.